The number of aryl methyl sites for hydroxylation is 3. The van der Waals surface area contributed by atoms with Crippen LogP contribution in [-0.4, -0.2) is 11.2 Å². The van der Waals surface area contributed by atoms with Gasteiger partial charge in [0.2, 0.25) is 0 Å². The molecule has 1 aliphatic rings. The lowest BCUT2D eigenvalue weighted by molar-refractivity contribution is 0.415. The van der Waals surface area contributed by atoms with Crippen molar-refractivity contribution in [3.05, 3.63) is 28.8 Å². The Hall–Kier alpha value is -1.09. The van der Waals surface area contributed by atoms with E-state index in [1.807, 2.05) is 0 Å². The van der Waals surface area contributed by atoms with E-state index in [-0.39, 0.29) is 0 Å². The first-order valence-corrected chi connectivity index (χ1v) is 9.80. The summed E-state index contributed by atoms with van der Waals surface area (Å²) in [5.74, 6) is 0. The quantitative estimate of drug-likeness (QED) is 0.684. The van der Waals surface area contributed by atoms with Gasteiger partial charge in [-0.3, -0.25) is 0 Å². The molecule has 1 aromatic rings. The van der Waals surface area contributed by atoms with Crippen molar-refractivity contribution in [3.63, 3.8) is 0 Å². The Bertz CT molecular complexity index is 493. The van der Waals surface area contributed by atoms with E-state index in [9.17, 15) is 0 Å². The van der Waals surface area contributed by atoms with E-state index in [1.165, 1.54) is 60.9 Å². The minimum atomic E-state index is 0.554. The maximum atomic E-state index is 5.59. The molecule has 1 aliphatic carbocycles. The Morgan fingerprint density at radius 1 is 1.04 bits per heavy atom. The molecule has 1 aromatic carbocycles. The van der Waals surface area contributed by atoms with E-state index >= 15 is 0 Å². The molecule has 0 bridgehead atoms. The van der Waals surface area contributed by atoms with Crippen LogP contribution in [0, 0.1) is 0 Å². The first-order chi connectivity index (χ1) is 11.2. The van der Waals surface area contributed by atoms with Gasteiger partial charge in [-0.2, -0.15) is 0 Å². The first kappa shape index (κ1) is 18.3. The van der Waals surface area contributed by atoms with Gasteiger partial charge in [-0.05, 0) is 61.0 Å². The average Bonchev–Trinajstić information content (AvgIpc) is 2.56. The van der Waals surface area contributed by atoms with Crippen LogP contribution in [-0.2, 0) is 19.3 Å². The SMILES string of the molecule is CCCc1cc(CC)c(NC(=S)NC2CCCCC2)c(CC)c1. The Morgan fingerprint density at radius 3 is 2.17 bits per heavy atom. The molecule has 2 rings (SSSR count). The van der Waals surface area contributed by atoms with Crippen LogP contribution in [0.4, 0.5) is 5.69 Å². The van der Waals surface area contributed by atoms with Gasteiger partial charge in [0.25, 0.3) is 0 Å². The molecule has 23 heavy (non-hydrogen) atoms. The highest BCUT2D eigenvalue weighted by atomic mass is 32.1. The van der Waals surface area contributed by atoms with E-state index < -0.39 is 0 Å². The van der Waals surface area contributed by atoms with Crippen molar-refractivity contribution in [2.24, 2.45) is 0 Å². The fourth-order valence-electron chi connectivity index (χ4n) is 3.57. The topological polar surface area (TPSA) is 24.1 Å². The zero-order valence-electron chi connectivity index (χ0n) is 15.0. The van der Waals surface area contributed by atoms with Crippen molar-refractivity contribution in [2.75, 3.05) is 5.32 Å². The second-order valence-electron chi connectivity index (χ2n) is 6.68. The molecule has 0 atom stereocenters. The van der Waals surface area contributed by atoms with Crippen LogP contribution in [0.1, 0.15) is 76.0 Å². The minimum Gasteiger partial charge on any atom is -0.360 e. The predicted octanol–water partition coefficient (Wildman–Crippen LogP) is 5.38. The number of hydrogen-bond donors (Lipinski definition) is 2. The molecule has 1 saturated carbocycles. The Labute approximate surface area is 147 Å². The van der Waals surface area contributed by atoms with Gasteiger partial charge in [0.15, 0.2) is 5.11 Å². The molecule has 0 aromatic heterocycles. The zero-order chi connectivity index (χ0) is 16.7. The molecular weight excluding hydrogens is 300 g/mol. The Morgan fingerprint density at radius 2 is 1.65 bits per heavy atom. The highest BCUT2D eigenvalue weighted by Crippen LogP contribution is 2.26. The van der Waals surface area contributed by atoms with Gasteiger partial charge in [-0.1, -0.05) is 58.6 Å². The smallest absolute Gasteiger partial charge is 0.171 e. The van der Waals surface area contributed by atoms with E-state index in [2.05, 4.69) is 43.5 Å². The fourth-order valence-corrected chi connectivity index (χ4v) is 3.84. The summed E-state index contributed by atoms with van der Waals surface area (Å²) < 4.78 is 0. The molecule has 2 N–H and O–H groups in total. The van der Waals surface area contributed by atoms with Crippen molar-refractivity contribution in [3.8, 4) is 0 Å². The normalized spacial score (nSPS) is 15.4. The highest BCUT2D eigenvalue weighted by Gasteiger charge is 2.15. The maximum absolute atomic E-state index is 5.59. The van der Waals surface area contributed by atoms with Crippen LogP contribution in [0.2, 0.25) is 0 Å². The van der Waals surface area contributed by atoms with E-state index in [1.54, 1.807) is 0 Å². The van der Waals surface area contributed by atoms with Gasteiger partial charge >= 0.3 is 0 Å². The van der Waals surface area contributed by atoms with Crippen LogP contribution in [0.5, 0.6) is 0 Å². The van der Waals surface area contributed by atoms with E-state index in [4.69, 9.17) is 12.2 Å². The second-order valence-corrected chi connectivity index (χ2v) is 7.09. The third-order valence-corrected chi connectivity index (χ3v) is 5.06. The molecule has 0 unspecified atom stereocenters. The van der Waals surface area contributed by atoms with Crippen LogP contribution < -0.4 is 10.6 Å². The molecule has 0 amide bonds. The average molecular weight is 333 g/mol. The lowest BCUT2D eigenvalue weighted by Crippen LogP contribution is -2.39. The van der Waals surface area contributed by atoms with Crippen LogP contribution in [0.3, 0.4) is 0 Å². The van der Waals surface area contributed by atoms with Gasteiger partial charge in [-0.25, -0.2) is 0 Å². The number of hydrogen-bond acceptors (Lipinski definition) is 1. The van der Waals surface area contributed by atoms with Gasteiger partial charge in [0.1, 0.15) is 0 Å². The zero-order valence-corrected chi connectivity index (χ0v) is 15.8. The van der Waals surface area contributed by atoms with Crippen molar-refractivity contribution in [2.45, 2.75) is 84.6 Å². The Balaban J connectivity index is 2.11. The Kier molecular flexibility index (Phi) is 7.35. The summed E-state index contributed by atoms with van der Waals surface area (Å²) in [5.41, 5.74) is 5.47. The molecule has 0 heterocycles. The van der Waals surface area contributed by atoms with Crippen LogP contribution >= 0.6 is 12.2 Å². The number of rotatable bonds is 6. The summed E-state index contributed by atoms with van der Waals surface area (Å²) in [7, 11) is 0. The van der Waals surface area contributed by atoms with E-state index in [0.717, 1.165) is 24.4 Å². The summed E-state index contributed by atoms with van der Waals surface area (Å²) >= 11 is 5.59. The number of anilines is 1. The fraction of sp³-hybridized carbons (Fsp3) is 0.650. The highest BCUT2D eigenvalue weighted by molar-refractivity contribution is 7.80. The molecule has 0 aliphatic heterocycles. The minimum absolute atomic E-state index is 0.554. The monoisotopic (exact) mass is 332 g/mol. The number of nitrogens with one attached hydrogen (secondary N) is 2. The van der Waals surface area contributed by atoms with Gasteiger partial charge in [0.05, 0.1) is 0 Å². The molecule has 1 fully saturated rings. The first-order valence-electron chi connectivity index (χ1n) is 9.40. The van der Waals surface area contributed by atoms with Crippen molar-refractivity contribution >= 4 is 23.0 Å². The van der Waals surface area contributed by atoms with Crippen molar-refractivity contribution in [1.29, 1.82) is 0 Å². The summed E-state index contributed by atoms with van der Waals surface area (Å²) in [6, 6.07) is 5.26. The third-order valence-electron chi connectivity index (χ3n) is 4.84. The summed E-state index contributed by atoms with van der Waals surface area (Å²) in [6.45, 7) is 6.70. The summed E-state index contributed by atoms with van der Waals surface area (Å²) in [6.07, 6.45) is 11.0. The summed E-state index contributed by atoms with van der Waals surface area (Å²) in [4.78, 5) is 0. The molecular formula is C20H32N2S. The predicted molar refractivity (Wildman–Crippen MR) is 105 cm³/mol. The van der Waals surface area contributed by atoms with Crippen molar-refractivity contribution < 1.29 is 0 Å². The molecule has 3 heteroatoms. The molecule has 0 saturated heterocycles. The lowest BCUT2D eigenvalue weighted by Gasteiger charge is -2.25. The largest absolute Gasteiger partial charge is 0.360 e. The lowest BCUT2D eigenvalue weighted by atomic mass is 9.95. The summed E-state index contributed by atoms with van der Waals surface area (Å²) in [5, 5.41) is 7.84. The van der Waals surface area contributed by atoms with Crippen LogP contribution in [0.15, 0.2) is 12.1 Å². The van der Waals surface area contributed by atoms with E-state index in [0.29, 0.717) is 6.04 Å². The molecule has 128 valence electrons. The molecule has 0 radical (unpaired) electrons. The van der Waals surface area contributed by atoms with Gasteiger partial charge in [-0.15, -0.1) is 0 Å². The third kappa shape index (κ3) is 5.20. The molecule has 0 spiro atoms. The van der Waals surface area contributed by atoms with Crippen molar-refractivity contribution in [1.82, 2.24) is 5.32 Å². The van der Waals surface area contributed by atoms with Gasteiger partial charge < -0.3 is 10.6 Å². The number of thiocarbonyl (C=S) groups is 1. The van der Waals surface area contributed by atoms with Crippen LogP contribution in [0.25, 0.3) is 0 Å². The molecule has 2 nitrogen and oxygen atoms in total. The second kappa shape index (κ2) is 9.27. The standard InChI is InChI=1S/C20H32N2S/c1-4-10-15-13-16(5-2)19(17(6-3)14-15)22-20(23)21-18-11-8-7-9-12-18/h13-14,18H,4-12H2,1-3H3,(H2,21,22,23). The van der Waals surface area contributed by atoms with Gasteiger partial charge in [0, 0.05) is 11.7 Å². The number of benzene rings is 1. The maximum Gasteiger partial charge on any atom is 0.171 e.